The van der Waals surface area contributed by atoms with E-state index in [9.17, 15) is 0 Å². The molecule has 0 atom stereocenters. The van der Waals surface area contributed by atoms with E-state index in [0.717, 1.165) is 10.9 Å². The SMILES string of the molecule is COc1cc2c(Cl)ccnc2cc1OCCn1cncn1. The molecule has 0 aliphatic carbocycles. The second-order valence-electron chi connectivity index (χ2n) is 4.32. The van der Waals surface area contributed by atoms with Crippen LogP contribution in [0.1, 0.15) is 0 Å². The fourth-order valence-electron chi connectivity index (χ4n) is 1.99. The van der Waals surface area contributed by atoms with Crippen LogP contribution in [0, 0.1) is 0 Å². The molecule has 0 aliphatic rings. The Kier molecular flexibility index (Phi) is 3.87. The zero-order valence-corrected chi connectivity index (χ0v) is 12.1. The third-order valence-corrected chi connectivity index (χ3v) is 3.35. The summed E-state index contributed by atoms with van der Waals surface area (Å²) in [5.41, 5.74) is 0.763. The summed E-state index contributed by atoms with van der Waals surface area (Å²) in [7, 11) is 1.59. The molecule has 0 saturated carbocycles. The average Bonchev–Trinajstić information content (AvgIpc) is 3.00. The predicted molar refractivity (Wildman–Crippen MR) is 78.8 cm³/mol. The molecule has 0 saturated heterocycles. The van der Waals surface area contributed by atoms with E-state index in [1.165, 1.54) is 6.33 Å². The zero-order chi connectivity index (χ0) is 14.7. The molecular weight excluding hydrogens is 292 g/mol. The first-order valence-corrected chi connectivity index (χ1v) is 6.73. The highest BCUT2D eigenvalue weighted by Crippen LogP contribution is 2.34. The third-order valence-electron chi connectivity index (χ3n) is 3.02. The molecule has 1 aromatic carbocycles. The van der Waals surface area contributed by atoms with Crippen LogP contribution in [0.15, 0.2) is 37.1 Å². The molecule has 21 heavy (non-hydrogen) atoms. The van der Waals surface area contributed by atoms with Crippen molar-refractivity contribution in [2.45, 2.75) is 6.54 Å². The Labute approximate surface area is 126 Å². The van der Waals surface area contributed by atoms with Gasteiger partial charge in [-0.2, -0.15) is 5.10 Å². The summed E-state index contributed by atoms with van der Waals surface area (Å²) in [6, 6.07) is 5.39. The molecule has 7 heteroatoms. The van der Waals surface area contributed by atoms with Gasteiger partial charge in [0.1, 0.15) is 19.3 Å². The number of pyridine rings is 1. The van der Waals surface area contributed by atoms with Crippen molar-refractivity contribution < 1.29 is 9.47 Å². The third kappa shape index (κ3) is 2.90. The van der Waals surface area contributed by atoms with Crippen molar-refractivity contribution in [3.8, 4) is 11.5 Å². The second-order valence-corrected chi connectivity index (χ2v) is 4.73. The summed E-state index contributed by atoms with van der Waals surface area (Å²) < 4.78 is 12.8. The van der Waals surface area contributed by atoms with Crippen LogP contribution in [0.25, 0.3) is 10.9 Å². The summed E-state index contributed by atoms with van der Waals surface area (Å²) in [6.45, 7) is 1.05. The Morgan fingerprint density at radius 1 is 1.29 bits per heavy atom. The maximum atomic E-state index is 6.16. The average molecular weight is 305 g/mol. The molecule has 0 fully saturated rings. The molecule has 0 radical (unpaired) electrons. The molecule has 2 heterocycles. The number of hydrogen-bond donors (Lipinski definition) is 0. The first-order valence-electron chi connectivity index (χ1n) is 6.35. The lowest BCUT2D eigenvalue weighted by molar-refractivity contribution is 0.274. The first kappa shape index (κ1) is 13.6. The number of aromatic nitrogens is 4. The van der Waals surface area contributed by atoms with E-state index in [1.807, 2.05) is 12.1 Å². The minimum absolute atomic E-state index is 0.450. The van der Waals surface area contributed by atoms with Gasteiger partial charge < -0.3 is 9.47 Å². The lowest BCUT2D eigenvalue weighted by atomic mass is 10.2. The highest BCUT2D eigenvalue weighted by atomic mass is 35.5. The van der Waals surface area contributed by atoms with Gasteiger partial charge in [0.25, 0.3) is 0 Å². The second kappa shape index (κ2) is 5.97. The van der Waals surface area contributed by atoms with Crippen molar-refractivity contribution in [2.24, 2.45) is 0 Å². The van der Waals surface area contributed by atoms with E-state index in [2.05, 4.69) is 15.1 Å². The van der Waals surface area contributed by atoms with Gasteiger partial charge in [-0.05, 0) is 12.1 Å². The van der Waals surface area contributed by atoms with E-state index >= 15 is 0 Å². The molecule has 6 nitrogen and oxygen atoms in total. The molecule has 2 aromatic heterocycles. The molecule has 0 aliphatic heterocycles. The van der Waals surface area contributed by atoms with Gasteiger partial charge in [-0.3, -0.25) is 4.98 Å². The zero-order valence-electron chi connectivity index (χ0n) is 11.4. The van der Waals surface area contributed by atoms with Crippen molar-refractivity contribution in [1.82, 2.24) is 19.7 Å². The molecule has 0 bridgehead atoms. The van der Waals surface area contributed by atoms with Crippen molar-refractivity contribution in [3.05, 3.63) is 42.1 Å². The van der Waals surface area contributed by atoms with E-state index in [0.29, 0.717) is 29.7 Å². The molecule has 3 rings (SSSR count). The van der Waals surface area contributed by atoms with Gasteiger partial charge >= 0.3 is 0 Å². The minimum atomic E-state index is 0.450. The van der Waals surface area contributed by atoms with Crippen molar-refractivity contribution >= 4 is 22.5 Å². The van der Waals surface area contributed by atoms with Gasteiger partial charge in [0.05, 0.1) is 24.2 Å². The van der Waals surface area contributed by atoms with Gasteiger partial charge in [0, 0.05) is 17.6 Å². The quantitative estimate of drug-likeness (QED) is 0.725. The number of hydrogen-bond acceptors (Lipinski definition) is 5. The van der Waals surface area contributed by atoms with Crippen LogP contribution in [0.4, 0.5) is 0 Å². The molecular formula is C14H13ClN4O2. The number of halogens is 1. The number of nitrogens with zero attached hydrogens (tertiary/aromatic N) is 4. The fourth-order valence-corrected chi connectivity index (χ4v) is 2.20. The maximum absolute atomic E-state index is 6.16. The van der Waals surface area contributed by atoms with Crippen LogP contribution in [0.2, 0.25) is 5.02 Å². The maximum Gasteiger partial charge on any atom is 0.163 e. The molecule has 108 valence electrons. The van der Waals surface area contributed by atoms with Crippen LogP contribution in [0.3, 0.4) is 0 Å². The van der Waals surface area contributed by atoms with Gasteiger partial charge in [0.15, 0.2) is 11.5 Å². The van der Waals surface area contributed by atoms with E-state index in [-0.39, 0.29) is 0 Å². The van der Waals surface area contributed by atoms with Gasteiger partial charge in [-0.1, -0.05) is 11.6 Å². The van der Waals surface area contributed by atoms with Crippen LogP contribution in [0.5, 0.6) is 11.5 Å². The number of methoxy groups -OCH3 is 1. The molecule has 0 amide bonds. The fraction of sp³-hybridized carbons (Fsp3) is 0.214. The Bertz CT molecular complexity index is 746. The summed E-state index contributed by atoms with van der Waals surface area (Å²) in [5, 5.41) is 5.48. The summed E-state index contributed by atoms with van der Waals surface area (Å²) >= 11 is 6.16. The number of ether oxygens (including phenoxy) is 2. The summed E-state index contributed by atoms with van der Waals surface area (Å²) in [4.78, 5) is 8.17. The molecule has 0 unspecified atom stereocenters. The topological polar surface area (TPSA) is 62.1 Å². The largest absolute Gasteiger partial charge is 0.493 e. The monoisotopic (exact) mass is 304 g/mol. The lowest BCUT2D eigenvalue weighted by Gasteiger charge is -2.12. The smallest absolute Gasteiger partial charge is 0.163 e. The standard InChI is InChI=1S/C14H13ClN4O2/c1-20-13-6-10-11(15)2-3-17-12(10)7-14(13)21-5-4-19-9-16-8-18-19/h2-3,6-9H,4-5H2,1H3. The van der Waals surface area contributed by atoms with Crippen LogP contribution < -0.4 is 9.47 Å². The van der Waals surface area contributed by atoms with Crippen LogP contribution in [-0.4, -0.2) is 33.5 Å². The highest BCUT2D eigenvalue weighted by Gasteiger charge is 2.10. The van der Waals surface area contributed by atoms with E-state index in [4.69, 9.17) is 21.1 Å². The molecule has 0 spiro atoms. The van der Waals surface area contributed by atoms with Crippen molar-refractivity contribution in [1.29, 1.82) is 0 Å². The Balaban J connectivity index is 1.83. The van der Waals surface area contributed by atoms with Gasteiger partial charge in [-0.25, -0.2) is 9.67 Å². The number of benzene rings is 1. The van der Waals surface area contributed by atoms with Crippen LogP contribution >= 0.6 is 11.6 Å². The Morgan fingerprint density at radius 2 is 2.19 bits per heavy atom. The normalized spacial score (nSPS) is 10.8. The van der Waals surface area contributed by atoms with Crippen molar-refractivity contribution in [3.63, 3.8) is 0 Å². The number of rotatable bonds is 5. The molecule has 3 aromatic rings. The van der Waals surface area contributed by atoms with E-state index in [1.54, 1.807) is 30.4 Å². The lowest BCUT2D eigenvalue weighted by Crippen LogP contribution is -2.09. The Morgan fingerprint density at radius 3 is 2.95 bits per heavy atom. The summed E-state index contributed by atoms with van der Waals surface area (Å²) in [6.07, 6.45) is 4.79. The van der Waals surface area contributed by atoms with Gasteiger partial charge in [-0.15, -0.1) is 0 Å². The minimum Gasteiger partial charge on any atom is -0.493 e. The Hall–Kier alpha value is -2.34. The predicted octanol–water partition coefficient (Wildman–Crippen LogP) is 2.57. The highest BCUT2D eigenvalue weighted by molar-refractivity contribution is 6.35. The van der Waals surface area contributed by atoms with Crippen molar-refractivity contribution in [2.75, 3.05) is 13.7 Å². The van der Waals surface area contributed by atoms with Gasteiger partial charge in [0.2, 0.25) is 0 Å². The van der Waals surface area contributed by atoms with E-state index < -0.39 is 0 Å². The van der Waals surface area contributed by atoms with Crippen LogP contribution in [-0.2, 0) is 6.54 Å². The molecule has 0 N–H and O–H groups in total. The first-order chi connectivity index (χ1) is 10.3. The number of fused-ring (bicyclic) bond motifs is 1. The summed E-state index contributed by atoms with van der Waals surface area (Å²) in [5.74, 6) is 1.25.